The summed E-state index contributed by atoms with van der Waals surface area (Å²) < 4.78 is 24.7. The maximum atomic E-state index is 12.3. The molecule has 1 aromatic rings. The molecule has 1 aromatic heterocycles. The summed E-state index contributed by atoms with van der Waals surface area (Å²) in [6.45, 7) is 2.14. The van der Waals surface area contributed by atoms with Crippen LogP contribution in [-0.4, -0.2) is 29.5 Å². The van der Waals surface area contributed by atoms with Gasteiger partial charge in [-0.3, -0.25) is 4.79 Å². The lowest BCUT2D eigenvalue weighted by atomic mass is 9.88. The second-order valence-corrected chi connectivity index (χ2v) is 6.35. The van der Waals surface area contributed by atoms with Crippen LogP contribution < -0.4 is 5.32 Å². The third kappa shape index (κ3) is 3.78. The Balaban J connectivity index is 2.11. The van der Waals surface area contributed by atoms with Crippen LogP contribution in [0.15, 0.2) is 5.38 Å². The second kappa shape index (κ2) is 6.51. The number of carboxylic acids is 1. The molecule has 7 heteroatoms. The fraction of sp³-hybridized carbons (Fsp3) is 0.571. The lowest BCUT2D eigenvalue weighted by molar-refractivity contribution is -0.140. The number of amides is 1. The average Bonchev–Trinajstić information content (AvgIpc) is 2.80. The Hall–Kier alpha value is -1.50. The highest BCUT2D eigenvalue weighted by molar-refractivity contribution is 7.10. The number of aliphatic carboxylic acids is 1. The maximum Gasteiger partial charge on any atom is 0.326 e. The number of carboxylic acid groups (broad SMARTS) is 1. The van der Waals surface area contributed by atoms with Gasteiger partial charge in [-0.1, -0.05) is 6.92 Å². The van der Waals surface area contributed by atoms with E-state index in [2.05, 4.69) is 12.2 Å². The topological polar surface area (TPSA) is 66.4 Å². The predicted molar refractivity (Wildman–Crippen MR) is 75.0 cm³/mol. The van der Waals surface area contributed by atoms with Crippen LogP contribution >= 0.6 is 11.3 Å². The number of fused-ring (bicyclic) bond motifs is 1. The normalized spacial score (nSPS) is 19.1. The summed E-state index contributed by atoms with van der Waals surface area (Å²) in [7, 11) is 0. The van der Waals surface area contributed by atoms with Crippen LogP contribution in [0.1, 0.15) is 40.6 Å². The van der Waals surface area contributed by atoms with Crippen LogP contribution in [0.3, 0.4) is 0 Å². The summed E-state index contributed by atoms with van der Waals surface area (Å²) in [4.78, 5) is 24.2. The fourth-order valence-corrected chi connectivity index (χ4v) is 3.75. The molecular weight excluding hydrogens is 300 g/mol. The van der Waals surface area contributed by atoms with Crippen molar-refractivity contribution in [3.63, 3.8) is 0 Å². The van der Waals surface area contributed by atoms with Gasteiger partial charge in [-0.25, -0.2) is 13.6 Å². The minimum Gasteiger partial charge on any atom is -0.480 e. The molecule has 2 rings (SSSR count). The molecule has 2 unspecified atom stereocenters. The number of thiophene rings is 1. The number of hydrogen-bond acceptors (Lipinski definition) is 3. The van der Waals surface area contributed by atoms with Gasteiger partial charge < -0.3 is 10.4 Å². The Morgan fingerprint density at radius 1 is 1.52 bits per heavy atom. The van der Waals surface area contributed by atoms with E-state index in [1.165, 1.54) is 11.3 Å². The SMILES string of the molecule is CC1CCc2c(C(=O)NC(CC(F)F)C(=O)O)csc2C1. The molecule has 1 aliphatic rings. The molecule has 2 atom stereocenters. The maximum absolute atomic E-state index is 12.3. The first-order valence-electron chi connectivity index (χ1n) is 6.79. The summed E-state index contributed by atoms with van der Waals surface area (Å²) in [6.07, 6.45) is -1.00. The lowest BCUT2D eigenvalue weighted by Crippen LogP contribution is -2.42. The third-order valence-electron chi connectivity index (χ3n) is 3.66. The molecule has 116 valence electrons. The van der Waals surface area contributed by atoms with Gasteiger partial charge in [0.25, 0.3) is 5.91 Å². The first-order valence-corrected chi connectivity index (χ1v) is 7.67. The van der Waals surface area contributed by atoms with Crippen molar-refractivity contribution < 1.29 is 23.5 Å². The van der Waals surface area contributed by atoms with E-state index in [9.17, 15) is 18.4 Å². The van der Waals surface area contributed by atoms with Crippen LogP contribution in [0.25, 0.3) is 0 Å². The molecule has 0 spiro atoms. The minimum absolute atomic E-state index is 0.433. The van der Waals surface area contributed by atoms with Crippen molar-refractivity contribution in [2.45, 2.75) is 45.1 Å². The lowest BCUT2D eigenvalue weighted by Gasteiger charge is -2.19. The Morgan fingerprint density at radius 2 is 2.24 bits per heavy atom. The molecule has 0 radical (unpaired) electrons. The van der Waals surface area contributed by atoms with Crippen molar-refractivity contribution in [3.05, 3.63) is 21.4 Å². The van der Waals surface area contributed by atoms with Gasteiger partial charge in [0.15, 0.2) is 0 Å². The molecule has 0 saturated heterocycles. The standard InChI is InChI=1S/C14H17F2NO3S/c1-7-2-3-8-9(6-21-11(8)4-7)13(18)17-10(14(19)20)5-12(15)16/h6-7,10,12H,2-5H2,1H3,(H,17,18)(H,19,20). The second-order valence-electron chi connectivity index (χ2n) is 5.39. The van der Waals surface area contributed by atoms with E-state index in [1.54, 1.807) is 5.38 Å². The number of carbonyl (C=O) groups is 2. The van der Waals surface area contributed by atoms with Gasteiger partial charge >= 0.3 is 5.97 Å². The number of carbonyl (C=O) groups excluding carboxylic acids is 1. The third-order valence-corrected chi connectivity index (χ3v) is 4.71. The molecule has 4 nitrogen and oxygen atoms in total. The summed E-state index contributed by atoms with van der Waals surface area (Å²) in [5, 5.41) is 12.8. The van der Waals surface area contributed by atoms with E-state index in [4.69, 9.17) is 5.11 Å². The highest BCUT2D eigenvalue weighted by Crippen LogP contribution is 2.32. The first kappa shape index (κ1) is 15.9. The Bertz CT molecular complexity index is 544. The molecule has 0 bridgehead atoms. The molecule has 1 heterocycles. The van der Waals surface area contributed by atoms with E-state index >= 15 is 0 Å². The fourth-order valence-electron chi connectivity index (χ4n) is 2.50. The Labute approximate surface area is 125 Å². The predicted octanol–water partition coefficient (Wildman–Crippen LogP) is 2.71. The van der Waals surface area contributed by atoms with Gasteiger partial charge in [-0.2, -0.15) is 0 Å². The monoisotopic (exact) mass is 317 g/mol. The van der Waals surface area contributed by atoms with Crippen LogP contribution in [0.5, 0.6) is 0 Å². The van der Waals surface area contributed by atoms with Gasteiger partial charge in [0.2, 0.25) is 6.43 Å². The zero-order valence-corrected chi connectivity index (χ0v) is 12.4. The average molecular weight is 317 g/mol. The summed E-state index contributed by atoms with van der Waals surface area (Å²) in [6, 6.07) is -1.56. The highest BCUT2D eigenvalue weighted by atomic mass is 32.1. The molecule has 0 saturated carbocycles. The number of alkyl halides is 2. The number of rotatable bonds is 5. The van der Waals surface area contributed by atoms with Gasteiger partial charge in [0.05, 0.1) is 5.56 Å². The van der Waals surface area contributed by atoms with E-state index in [0.29, 0.717) is 11.5 Å². The first-order chi connectivity index (χ1) is 9.88. The summed E-state index contributed by atoms with van der Waals surface area (Å²) >= 11 is 1.48. The van der Waals surface area contributed by atoms with Gasteiger partial charge in [0.1, 0.15) is 6.04 Å². The van der Waals surface area contributed by atoms with E-state index in [1.807, 2.05) is 0 Å². The van der Waals surface area contributed by atoms with Crippen molar-refractivity contribution in [1.82, 2.24) is 5.32 Å². The smallest absolute Gasteiger partial charge is 0.326 e. The zero-order valence-electron chi connectivity index (χ0n) is 11.6. The molecule has 2 N–H and O–H groups in total. The van der Waals surface area contributed by atoms with Crippen LogP contribution in [0.2, 0.25) is 0 Å². The summed E-state index contributed by atoms with van der Waals surface area (Å²) in [5.41, 5.74) is 1.37. The van der Waals surface area contributed by atoms with E-state index in [-0.39, 0.29) is 0 Å². The van der Waals surface area contributed by atoms with E-state index in [0.717, 1.165) is 29.7 Å². The van der Waals surface area contributed by atoms with Crippen molar-refractivity contribution in [2.24, 2.45) is 5.92 Å². The molecule has 1 amide bonds. The van der Waals surface area contributed by atoms with E-state index < -0.39 is 30.8 Å². The molecule has 0 aliphatic heterocycles. The quantitative estimate of drug-likeness (QED) is 0.877. The zero-order chi connectivity index (χ0) is 15.6. The number of hydrogen-bond donors (Lipinski definition) is 2. The van der Waals surface area contributed by atoms with Gasteiger partial charge in [-0.15, -0.1) is 11.3 Å². The largest absolute Gasteiger partial charge is 0.480 e. The number of halogens is 2. The van der Waals surface area contributed by atoms with Crippen molar-refractivity contribution in [1.29, 1.82) is 0 Å². The van der Waals surface area contributed by atoms with Crippen LogP contribution in [0, 0.1) is 5.92 Å². The van der Waals surface area contributed by atoms with Crippen molar-refractivity contribution >= 4 is 23.2 Å². The molecular formula is C14H17F2NO3S. The minimum atomic E-state index is -2.77. The van der Waals surface area contributed by atoms with Crippen molar-refractivity contribution in [2.75, 3.05) is 0 Å². The molecule has 21 heavy (non-hydrogen) atoms. The summed E-state index contributed by atoms with van der Waals surface area (Å²) in [5.74, 6) is -1.45. The van der Waals surface area contributed by atoms with Gasteiger partial charge in [0, 0.05) is 16.7 Å². The number of nitrogens with one attached hydrogen (secondary N) is 1. The van der Waals surface area contributed by atoms with Crippen LogP contribution in [0.4, 0.5) is 8.78 Å². The highest BCUT2D eigenvalue weighted by Gasteiger charge is 2.28. The molecule has 0 fully saturated rings. The molecule has 1 aliphatic carbocycles. The van der Waals surface area contributed by atoms with Crippen LogP contribution in [-0.2, 0) is 17.6 Å². The van der Waals surface area contributed by atoms with Crippen molar-refractivity contribution in [3.8, 4) is 0 Å². The Morgan fingerprint density at radius 3 is 2.86 bits per heavy atom. The van der Waals surface area contributed by atoms with Gasteiger partial charge in [-0.05, 0) is 30.7 Å². The molecule has 0 aromatic carbocycles. The Kier molecular flexibility index (Phi) is 4.92.